The van der Waals surface area contributed by atoms with E-state index in [0.29, 0.717) is 0 Å². The van der Waals surface area contributed by atoms with Gasteiger partial charge in [-0.2, -0.15) is 0 Å². The molecule has 28 heavy (non-hydrogen) atoms. The fourth-order valence-corrected chi connectivity index (χ4v) is 2.81. The lowest BCUT2D eigenvalue weighted by atomic mass is 10.1. The molecule has 0 aliphatic rings. The largest absolute Gasteiger partial charge is 0.345 e. The van der Waals surface area contributed by atoms with Crippen LogP contribution in [-0.4, -0.2) is 18.8 Å². The molecule has 1 aromatic rings. The summed E-state index contributed by atoms with van der Waals surface area (Å²) in [4.78, 5) is 6.93. The molecular formula is C26H38N2. The second kappa shape index (κ2) is 14.7. The Morgan fingerprint density at radius 1 is 0.929 bits per heavy atom. The lowest BCUT2D eigenvalue weighted by molar-refractivity contribution is 0.764. The molecule has 0 unspecified atom stereocenters. The summed E-state index contributed by atoms with van der Waals surface area (Å²) in [7, 11) is 0. The van der Waals surface area contributed by atoms with Crippen LogP contribution >= 0.6 is 0 Å². The zero-order valence-corrected chi connectivity index (χ0v) is 18.5. The number of anilines is 1. The van der Waals surface area contributed by atoms with Crippen LogP contribution in [0.15, 0.2) is 77.5 Å². The van der Waals surface area contributed by atoms with E-state index in [0.717, 1.165) is 25.2 Å². The average molecular weight is 379 g/mol. The van der Waals surface area contributed by atoms with Crippen LogP contribution in [0.2, 0.25) is 0 Å². The van der Waals surface area contributed by atoms with Crippen molar-refractivity contribution in [3.8, 4) is 0 Å². The number of unbranched alkanes of at least 4 members (excludes halogenated alkanes) is 2. The summed E-state index contributed by atoms with van der Waals surface area (Å²) < 4.78 is 0. The smallest absolute Gasteiger partial charge is 0.0437 e. The standard InChI is InChI=1S/C26H38N2/c1-6-8-21-27-24(4)18-13-11-10-12-14-19-25(5)28(22-9-7-2)26-20-16-15-17-23(26)3/h10-20H,6-9,21-22H2,1-5H3/b11-10+,14-12+,18-13+,25-19+,27-24-. The summed E-state index contributed by atoms with van der Waals surface area (Å²) in [6, 6.07) is 8.61. The molecule has 2 nitrogen and oxygen atoms in total. The first-order valence-corrected chi connectivity index (χ1v) is 10.6. The number of aliphatic imine (C=N–C) groups is 1. The number of rotatable bonds is 12. The summed E-state index contributed by atoms with van der Waals surface area (Å²) in [5.41, 5.74) is 4.97. The second-order valence-electron chi connectivity index (χ2n) is 7.11. The third kappa shape index (κ3) is 9.55. The molecule has 0 aromatic heterocycles. The predicted molar refractivity (Wildman–Crippen MR) is 127 cm³/mol. The van der Waals surface area contributed by atoms with E-state index in [1.807, 2.05) is 6.08 Å². The number of nitrogens with zero attached hydrogens (tertiary/aromatic N) is 2. The minimum absolute atomic E-state index is 0.926. The number of benzene rings is 1. The molecule has 0 heterocycles. The highest BCUT2D eigenvalue weighted by atomic mass is 15.1. The van der Waals surface area contributed by atoms with E-state index in [4.69, 9.17) is 0 Å². The first-order chi connectivity index (χ1) is 13.6. The van der Waals surface area contributed by atoms with Crippen LogP contribution in [0.1, 0.15) is 58.9 Å². The lowest BCUT2D eigenvalue weighted by Crippen LogP contribution is -2.22. The maximum atomic E-state index is 4.51. The Balaban J connectivity index is 2.68. The molecule has 0 saturated carbocycles. The number of hydrogen-bond donors (Lipinski definition) is 0. The van der Waals surface area contributed by atoms with Gasteiger partial charge in [0.1, 0.15) is 0 Å². The Morgan fingerprint density at radius 3 is 2.32 bits per heavy atom. The molecule has 152 valence electrons. The number of para-hydroxylation sites is 1. The van der Waals surface area contributed by atoms with Gasteiger partial charge in [-0.25, -0.2) is 0 Å². The summed E-state index contributed by atoms with van der Waals surface area (Å²) >= 11 is 0. The van der Waals surface area contributed by atoms with Gasteiger partial charge in [-0.05, 0) is 57.4 Å². The van der Waals surface area contributed by atoms with Gasteiger partial charge in [0.15, 0.2) is 0 Å². The summed E-state index contributed by atoms with van der Waals surface area (Å²) in [6.45, 7) is 12.8. The monoisotopic (exact) mass is 378 g/mol. The molecule has 0 saturated heterocycles. The van der Waals surface area contributed by atoms with E-state index in [1.165, 1.54) is 36.2 Å². The molecule has 0 aliphatic heterocycles. The van der Waals surface area contributed by atoms with Crippen LogP contribution in [0.4, 0.5) is 5.69 Å². The predicted octanol–water partition coefficient (Wildman–Crippen LogP) is 7.43. The Kier molecular flexibility index (Phi) is 12.4. The minimum Gasteiger partial charge on any atom is -0.345 e. The molecule has 0 bridgehead atoms. The van der Waals surface area contributed by atoms with Crippen LogP contribution in [0.25, 0.3) is 0 Å². The van der Waals surface area contributed by atoms with Crippen molar-refractivity contribution < 1.29 is 0 Å². The molecule has 0 radical (unpaired) electrons. The van der Waals surface area contributed by atoms with Crippen molar-refractivity contribution in [3.63, 3.8) is 0 Å². The molecule has 2 heteroatoms. The third-order valence-electron chi connectivity index (χ3n) is 4.56. The zero-order valence-electron chi connectivity index (χ0n) is 18.5. The van der Waals surface area contributed by atoms with Crippen molar-refractivity contribution in [2.45, 2.75) is 60.3 Å². The third-order valence-corrected chi connectivity index (χ3v) is 4.56. The Morgan fingerprint density at radius 2 is 1.61 bits per heavy atom. The SMILES string of the molecule is CCCC\N=C(C)/C=C/C=C/C=C/C=C(\C)N(CCCC)c1ccccc1C. The Hall–Kier alpha value is -2.35. The van der Waals surface area contributed by atoms with Crippen molar-refractivity contribution in [2.75, 3.05) is 18.0 Å². The van der Waals surface area contributed by atoms with Crippen LogP contribution in [0, 0.1) is 6.92 Å². The van der Waals surface area contributed by atoms with Crippen molar-refractivity contribution in [2.24, 2.45) is 4.99 Å². The van der Waals surface area contributed by atoms with Crippen molar-refractivity contribution in [1.82, 2.24) is 0 Å². The van der Waals surface area contributed by atoms with E-state index in [2.05, 4.69) is 105 Å². The minimum atomic E-state index is 0.926. The number of aryl methyl sites for hydroxylation is 1. The molecule has 0 N–H and O–H groups in total. The van der Waals surface area contributed by atoms with Gasteiger partial charge >= 0.3 is 0 Å². The average Bonchev–Trinajstić information content (AvgIpc) is 2.69. The second-order valence-corrected chi connectivity index (χ2v) is 7.11. The molecule has 0 amide bonds. The van der Waals surface area contributed by atoms with Crippen molar-refractivity contribution in [3.05, 3.63) is 78.1 Å². The molecule has 1 rings (SSSR count). The lowest BCUT2D eigenvalue weighted by Gasteiger charge is -2.27. The van der Waals surface area contributed by atoms with E-state index in [-0.39, 0.29) is 0 Å². The highest BCUT2D eigenvalue weighted by Crippen LogP contribution is 2.23. The summed E-state index contributed by atoms with van der Waals surface area (Å²) in [6.07, 6.45) is 19.3. The number of hydrogen-bond acceptors (Lipinski definition) is 2. The molecule has 0 spiro atoms. The first kappa shape index (κ1) is 23.7. The first-order valence-electron chi connectivity index (χ1n) is 10.6. The van der Waals surface area contributed by atoms with Gasteiger partial charge in [-0.3, -0.25) is 4.99 Å². The maximum Gasteiger partial charge on any atom is 0.0437 e. The van der Waals surface area contributed by atoms with E-state index < -0.39 is 0 Å². The topological polar surface area (TPSA) is 15.6 Å². The molecule has 1 aromatic carbocycles. The van der Waals surface area contributed by atoms with Crippen molar-refractivity contribution >= 4 is 11.4 Å². The summed E-state index contributed by atoms with van der Waals surface area (Å²) in [5, 5.41) is 0. The zero-order chi connectivity index (χ0) is 20.6. The summed E-state index contributed by atoms with van der Waals surface area (Å²) in [5.74, 6) is 0. The fourth-order valence-electron chi connectivity index (χ4n) is 2.81. The molecule has 0 fully saturated rings. The highest BCUT2D eigenvalue weighted by molar-refractivity contribution is 5.92. The van der Waals surface area contributed by atoms with Crippen LogP contribution in [0.5, 0.6) is 0 Å². The Bertz CT molecular complexity index is 705. The van der Waals surface area contributed by atoms with E-state index in [1.54, 1.807) is 0 Å². The molecular weight excluding hydrogens is 340 g/mol. The van der Waals surface area contributed by atoms with Gasteiger partial charge in [-0.15, -0.1) is 0 Å². The van der Waals surface area contributed by atoms with E-state index in [9.17, 15) is 0 Å². The van der Waals surface area contributed by atoms with Gasteiger partial charge in [-0.1, -0.05) is 75.3 Å². The molecule has 0 aliphatic carbocycles. The Labute approximate surface area is 173 Å². The number of allylic oxidation sites excluding steroid dienone is 8. The van der Waals surface area contributed by atoms with Gasteiger partial charge in [0.2, 0.25) is 0 Å². The normalized spacial score (nSPS) is 13.3. The van der Waals surface area contributed by atoms with Gasteiger partial charge < -0.3 is 4.90 Å². The van der Waals surface area contributed by atoms with Gasteiger partial charge in [0.25, 0.3) is 0 Å². The van der Waals surface area contributed by atoms with Crippen LogP contribution in [-0.2, 0) is 0 Å². The fraction of sp³-hybridized carbons (Fsp3) is 0.423. The maximum absolute atomic E-state index is 4.51. The van der Waals surface area contributed by atoms with E-state index >= 15 is 0 Å². The highest BCUT2D eigenvalue weighted by Gasteiger charge is 2.09. The molecule has 0 atom stereocenters. The van der Waals surface area contributed by atoms with Crippen LogP contribution < -0.4 is 4.90 Å². The van der Waals surface area contributed by atoms with Gasteiger partial charge in [0.05, 0.1) is 0 Å². The quantitative estimate of drug-likeness (QED) is 0.210. The van der Waals surface area contributed by atoms with Crippen LogP contribution in [0.3, 0.4) is 0 Å². The van der Waals surface area contributed by atoms with Gasteiger partial charge in [0, 0.05) is 30.2 Å². The van der Waals surface area contributed by atoms with Crippen molar-refractivity contribution in [1.29, 1.82) is 0 Å².